The van der Waals surface area contributed by atoms with E-state index >= 15 is 0 Å². The van der Waals surface area contributed by atoms with Crippen molar-refractivity contribution in [3.8, 4) is 17.0 Å². The van der Waals surface area contributed by atoms with Gasteiger partial charge in [0.05, 0.1) is 38.1 Å². The van der Waals surface area contributed by atoms with E-state index in [0.29, 0.717) is 18.0 Å². The summed E-state index contributed by atoms with van der Waals surface area (Å²) in [6.45, 7) is 2.57. The van der Waals surface area contributed by atoms with E-state index in [1.165, 1.54) is 16.3 Å². The van der Waals surface area contributed by atoms with Crippen molar-refractivity contribution in [2.45, 2.75) is 50.3 Å². The molecule has 2 aromatic heterocycles. The van der Waals surface area contributed by atoms with Crippen LogP contribution in [0, 0.1) is 0 Å². The Bertz CT molecular complexity index is 2140. The average Bonchev–Trinajstić information content (AvgIpc) is 3.79. The SMILES string of the molecule is CCc1ccc(Cn2cc(-c3cn([C@H]4C[C@H](O)[C@@H](COC(c5ccccc5)(c5ccccc5)c5ccc(OC)cc5)O4)c(=O)[nH]c3=O)nn2)cc1. The van der Waals surface area contributed by atoms with Gasteiger partial charge in [-0.25, -0.2) is 9.48 Å². The van der Waals surface area contributed by atoms with Gasteiger partial charge in [-0.1, -0.05) is 109 Å². The van der Waals surface area contributed by atoms with Crippen LogP contribution in [0.2, 0.25) is 0 Å². The smallest absolute Gasteiger partial charge is 0.330 e. The van der Waals surface area contributed by atoms with Gasteiger partial charge in [0.2, 0.25) is 0 Å². The standard InChI is InChI=1S/C40H39N5O6/c1-3-27-14-16-28(17-15-27)23-44-25-34(42-43-44)33-24-45(39(48)41-38(33)47)37-22-35(46)36(51-37)26-50-40(29-10-6-4-7-11-29,30-12-8-5-9-13-30)31-18-20-32(49-2)21-19-31/h4-21,24-25,35-37,46H,3,22-23,26H2,1-2H3,(H,41,47,48)/t35-,36+,37+/m0/s1. The van der Waals surface area contributed by atoms with E-state index in [-0.39, 0.29) is 18.6 Å². The maximum atomic E-state index is 13.1. The van der Waals surface area contributed by atoms with Crippen LogP contribution in [0.15, 0.2) is 131 Å². The van der Waals surface area contributed by atoms with Crippen LogP contribution in [0.3, 0.4) is 0 Å². The van der Waals surface area contributed by atoms with Gasteiger partial charge >= 0.3 is 5.69 Å². The molecule has 1 aliphatic heterocycles. The molecule has 11 nitrogen and oxygen atoms in total. The van der Waals surface area contributed by atoms with Gasteiger partial charge in [0.15, 0.2) is 0 Å². The Balaban J connectivity index is 1.15. The number of hydrogen-bond donors (Lipinski definition) is 2. The Morgan fingerprint density at radius 2 is 1.49 bits per heavy atom. The highest BCUT2D eigenvalue weighted by atomic mass is 16.6. The number of ether oxygens (including phenoxy) is 3. The van der Waals surface area contributed by atoms with Crippen molar-refractivity contribution in [1.82, 2.24) is 24.5 Å². The number of H-pyrrole nitrogens is 1. The van der Waals surface area contributed by atoms with E-state index in [9.17, 15) is 14.7 Å². The number of rotatable bonds is 12. The molecule has 2 N–H and O–H groups in total. The van der Waals surface area contributed by atoms with Crippen molar-refractivity contribution in [2.75, 3.05) is 13.7 Å². The Kier molecular flexibility index (Phi) is 9.76. The van der Waals surface area contributed by atoms with Gasteiger partial charge < -0.3 is 19.3 Å². The first-order valence-electron chi connectivity index (χ1n) is 16.9. The van der Waals surface area contributed by atoms with Crippen molar-refractivity contribution in [3.63, 3.8) is 0 Å². The summed E-state index contributed by atoms with van der Waals surface area (Å²) >= 11 is 0. The molecule has 3 atom stereocenters. The number of hydrogen-bond acceptors (Lipinski definition) is 8. The topological polar surface area (TPSA) is 133 Å². The van der Waals surface area contributed by atoms with Crippen molar-refractivity contribution in [2.24, 2.45) is 0 Å². The lowest BCUT2D eigenvalue weighted by molar-refractivity contribution is -0.0944. The molecule has 1 fully saturated rings. The van der Waals surface area contributed by atoms with Gasteiger partial charge in [0.1, 0.15) is 29.4 Å². The lowest BCUT2D eigenvalue weighted by atomic mass is 9.80. The van der Waals surface area contributed by atoms with Gasteiger partial charge in [-0.2, -0.15) is 0 Å². The number of aliphatic hydroxyl groups is 1. The molecule has 0 radical (unpaired) electrons. The minimum absolute atomic E-state index is 0.00793. The summed E-state index contributed by atoms with van der Waals surface area (Å²) in [5.41, 5.74) is 3.06. The highest BCUT2D eigenvalue weighted by Crippen LogP contribution is 2.42. The Morgan fingerprint density at radius 1 is 0.863 bits per heavy atom. The van der Waals surface area contributed by atoms with Crippen molar-refractivity contribution in [1.29, 1.82) is 0 Å². The highest BCUT2D eigenvalue weighted by molar-refractivity contribution is 5.55. The third-order valence-corrected chi connectivity index (χ3v) is 9.39. The van der Waals surface area contributed by atoms with Gasteiger partial charge in [-0.15, -0.1) is 5.10 Å². The monoisotopic (exact) mass is 685 g/mol. The third-order valence-electron chi connectivity index (χ3n) is 9.39. The Hall–Kier alpha value is -5.62. The summed E-state index contributed by atoms with van der Waals surface area (Å²) < 4.78 is 21.6. The fourth-order valence-electron chi connectivity index (χ4n) is 6.61. The molecular weight excluding hydrogens is 646 g/mol. The Labute approximate surface area is 294 Å². The minimum Gasteiger partial charge on any atom is -0.497 e. The van der Waals surface area contributed by atoms with Crippen LogP contribution in [0.4, 0.5) is 0 Å². The zero-order valence-corrected chi connectivity index (χ0v) is 28.4. The maximum absolute atomic E-state index is 13.1. The first-order chi connectivity index (χ1) is 24.9. The van der Waals surface area contributed by atoms with E-state index in [1.807, 2.05) is 97.1 Å². The predicted molar refractivity (Wildman–Crippen MR) is 192 cm³/mol. The molecule has 7 rings (SSSR count). The maximum Gasteiger partial charge on any atom is 0.330 e. The van der Waals surface area contributed by atoms with Crippen LogP contribution in [0.25, 0.3) is 11.3 Å². The van der Waals surface area contributed by atoms with Crippen LogP contribution in [0.5, 0.6) is 5.75 Å². The van der Waals surface area contributed by atoms with E-state index < -0.39 is 35.3 Å². The van der Waals surface area contributed by atoms with Crippen molar-refractivity contribution >= 4 is 0 Å². The quantitative estimate of drug-likeness (QED) is 0.171. The van der Waals surface area contributed by atoms with E-state index in [1.54, 1.807) is 18.0 Å². The highest BCUT2D eigenvalue weighted by Gasteiger charge is 2.42. The number of nitrogens with one attached hydrogen (secondary N) is 1. The molecule has 11 heteroatoms. The molecule has 6 aromatic rings. The van der Waals surface area contributed by atoms with E-state index in [2.05, 4.69) is 34.4 Å². The van der Waals surface area contributed by atoms with Gasteiger partial charge in [0, 0.05) is 12.6 Å². The second-order valence-electron chi connectivity index (χ2n) is 12.6. The lowest BCUT2D eigenvalue weighted by Gasteiger charge is -2.37. The lowest BCUT2D eigenvalue weighted by Crippen LogP contribution is -2.38. The largest absolute Gasteiger partial charge is 0.497 e. The number of benzene rings is 4. The molecule has 0 saturated carbocycles. The fraction of sp³-hybridized carbons (Fsp3) is 0.250. The fourth-order valence-corrected chi connectivity index (χ4v) is 6.61. The summed E-state index contributed by atoms with van der Waals surface area (Å²) in [4.78, 5) is 28.5. The van der Waals surface area contributed by atoms with Crippen LogP contribution in [0.1, 0.15) is 47.4 Å². The molecular formula is C40H39N5O6. The Morgan fingerprint density at radius 3 is 2.12 bits per heavy atom. The molecule has 0 spiro atoms. The van der Waals surface area contributed by atoms with Gasteiger partial charge in [-0.05, 0) is 46.4 Å². The van der Waals surface area contributed by atoms with E-state index in [0.717, 1.165) is 28.7 Å². The summed E-state index contributed by atoms with van der Waals surface area (Å²) in [5, 5.41) is 19.7. The minimum atomic E-state index is -1.07. The van der Waals surface area contributed by atoms with Gasteiger partial charge in [0.25, 0.3) is 5.56 Å². The number of nitrogens with zero attached hydrogens (tertiary/aromatic N) is 4. The van der Waals surface area contributed by atoms with Crippen LogP contribution < -0.4 is 16.0 Å². The molecule has 0 bridgehead atoms. The molecule has 0 amide bonds. The molecule has 0 aliphatic carbocycles. The molecule has 260 valence electrons. The van der Waals surface area contributed by atoms with Crippen LogP contribution >= 0.6 is 0 Å². The summed E-state index contributed by atoms with van der Waals surface area (Å²) in [6.07, 6.45) is 1.52. The molecule has 51 heavy (non-hydrogen) atoms. The predicted octanol–water partition coefficient (Wildman–Crippen LogP) is 5.07. The number of aromatic nitrogens is 5. The zero-order chi connectivity index (χ0) is 35.4. The van der Waals surface area contributed by atoms with Gasteiger partial charge in [-0.3, -0.25) is 14.3 Å². The normalized spacial score (nSPS) is 17.4. The molecule has 3 heterocycles. The number of aliphatic hydroxyl groups excluding tert-OH is 1. The second kappa shape index (κ2) is 14.7. The third kappa shape index (κ3) is 6.91. The van der Waals surface area contributed by atoms with Crippen molar-refractivity contribution in [3.05, 3.63) is 170 Å². The summed E-state index contributed by atoms with van der Waals surface area (Å²) in [7, 11) is 1.62. The average molecular weight is 686 g/mol. The summed E-state index contributed by atoms with van der Waals surface area (Å²) in [5.74, 6) is 0.709. The number of aryl methyl sites for hydroxylation is 1. The number of aromatic amines is 1. The summed E-state index contributed by atoms with van der Waals surface area (Å²) in [6, 6.07) is 35.7. The zero-order valence-electron chi connectivity index (χ0n) is 28.4. The molecule has 4 aromatic carbocycles. The molecule has 1 saturated heterocycles. The van der Waals surface area contributed by atoms with Crippen molar-refractivity contribution < 1.29 is 19.3 Å². The molecule has 0 unspecified atom stereocenters. The second-order valence-corrected chi connectivity index (χ2v) is 12.6. The van der Waals surface area contributed by atoms with Crippen LogP contribution in [-0.4, -0.2) is 55.6 Å². The van der Waals surface area contributed by atoms with Crippen LogP contribution in [-0.2, 0) is 28.0 Å². The molecule has 1 aliphatic rings. The first-order valence-corrected chi connectivity index (χ1v) is 16.9. The number of methoxy groups -OCH3 is 1. The first kappa shape index (κ1) is 33.9. The van der Waals surface area contributed by atoms with E-state index in [4.69, 9.17) is 14.2 Å².